The molecule has 168 valence electrons. The molecule has 0 atom stereocenters. The average Bonchev–Trinajstić information content (AvgIpc) is 2.99. The Labute approximate surface area is 177 Å². The summed E-state index contributed by atoms with van der Waals surface area (Å²) in [5, 5.41) is 12.8. The zero-order chi connectivity index (χ0) is 23.7. The number of nitrogens with one attached hydrogen (secondary N) is 1. The minimum Gasteiger partial charge on any atom is -0.340 e. The van der Waals surface area contributed by atoms with Crippen LogP contribution in [0.25, 0.3) is 10.9 Å². The summed E-state index contributed by atoms with van der Waals surface area (Å²) in [6, 6.07) is 9.93. The van der Waals surface area contributed by atoms with Crippen molar-refractivity contribution in [3.63, 3.8) is 0 Å². The Hall–Kier alpha value is -3.55. The van der Waals surface area contributed by atoms with Gasteiger partial charge in [-0.25, -0.2) is 5.43 Å². The predicted molar refractivity (Wildman–Crippen MR) is 104 cm³/mol. The topological polar surface area (TPSA) is 53.1 Å². The second-order valence-electron chi connectivity index (χ2n) is 6.89. The third-order valence-corrected chi connectivity index (χ3v) is 4.89. The summed E-state index contributed by atoms with van der Waals surface area (Å²) < 4.78 is 91.6. The van der Waals surface area contributed by atoms with E-state index in [1.165, 1.54) is 0 Å². The quantitative estimate of drug-likeness (QED) is 0.228. The molecule has 2 aromatic carbocycles. The molecule has 1 N–H and O–H groups in total. The van der Waals surface area contributed by atoms with Gasteiger partial charge in [0.2, 0.25) is 0 Å². The first-order valence-electron chi connectivity index (χ1n) is 9.09. The molecule has 0 radical (unpaired) electrons. The zero-order valence-electron chi connectivity index (χ0n) is 16.4. The van der Waals surface area contributed by atoms with Crippen molar-refractivity contribution in [2.75, 3.05) is 0 Å². The molecule has 1 aromatic heterocycles. The van der Waals surface area contributed by atoms with Crippen molar-refractivity contribution in [1.29, 1.82) is 5.26 Å². The van der Waals surface area contributed by atoms with Crippen LogP contribution in [0.2, 0.25) is 0 Å². The van der Waals surface area contributed by atoms with Crippen LogP contribution in [0.1, 0.15) is 22.4 Å². The normalized spacial score (nSPS) is 13.0. The van der Waals surface area contributed by atoms with E-state index in [1.54, 1.807) is 60.0 Å². The number of nitriles is 1. The Morgan fingerprint density at radius 2 is 1.62 bits per heavy atom. The van der Waals surface area contributed by atoms with Gasteiger partial charge in [-0.1, -0.05) is 36.4 Å². The number of alkyl halides is 7. The summed E-state index contributed by atoms with van der Waals surface area (Å²) in [7, 11) is 0. The number of fused-ring (bicyclic) bond motifs is 1. The van der Waals surface area contributed by atoms with Crippen molar-refractivity contribution in [3.05, 3.63) is 70.9 Å². The number of aromatic nitrogens is 1. The standard InChI is InChI=1S/C21H15F7N4/c1-13-17(11-30-31-21(27,28)19(22,23)20(24,25)26)16-8-4-5-9-18(16)32(13)12-15-7-3-2-6-14(15)10-29/h2-9,11,31H,12H2,1H3/b30-11-. The van der Waals surface area contributed by atoms with Gasteiger partial charge in [0.05, 0.1) is 17.8 Å². The van der Waals surface area contributed by atoms with Crippen LogP contribution in [0.3, 0.4) is 0 Å². The van der Waals surface area contributed by atoms with E-state index in [-0.39, 0.29) is 12.1 Å². The van der Waals surface area contributed by atoms with Gasteiger partial charge in [0, 0.05) is 28.7 Å². The molecule has 0 fully saturated rings. The lowest BCUT2D eigenvalue weighted by molar-refractivity contribution is -0.361. The van der Waals surface area contributed by atoms with Crippen LogP contribution in [0.15, 0.2) is 53.6 Å². The number of hydrazone groups is 1. The third-order valence-electron chi connectivity index (χ3n) is 4.89. The van der Waals surface area contributed by atoms with Crippen molar-refractivity contribution >= 4 is 17.1 Å². The molecule has 0 unspecified atom stereocenters. The maximum atomic E-state index is 13.5. The molecule has 3 aromatic rings. The molecule has 0 spiro atoms. The smallest absolute Gasteiger partial charge is 0.340 e. The van der Waals surface area contributed by atoms with Crippen molar-refractivity contribution in [1.82, 2.24) is 9.99 Å². The first kappa shape index (κ1) is 23.1. The zero-order valence-corrected chi connectivity index (χ0v) is 16.4. The Bertz CT molecular complexity index is 1200. The molecule has 0 aliphatic heterocycles. The molecule has 11 heteroatoms. The number of nitrogens with zero attached hydrogens (tertiary/aromatic N) is 3. The van der Waals surface area contributed by atoms with E-state index < -0.39 is 18.1 Å². The molecule has 0 saturated heterocycles. The van der Waals surface area contributed by atoms with Gasteiger partial charge in [0.15, 0.2) is 0 Å². The lowest BCUT2D eigenvalue weighted by Gasteiger charge is -2.27. The molecule has 3 rings (SSSR count). The van der Waals surface area contributed by atoms with Crippen LogP contribution in [0.4, 0.5) is 30.7 Å². The van der Waals surface area contributed by atoms with Crippen LogP contribution >= 0.6 is 0 Å². The first-order chi connectivity index (χ1) is 14.9. The Morgan fingerprint density at radius 1 is 1.00 bits per heavy atom. The molecule has 0 amide bonds. The Balaban J connectivity index is 1.99. The molecule has 0 aliphatic rings. The fraction of sp³-hybridized carbons (Fsp3) is 0.238. The summed E-state index contributed by atoms with van der Waals surface area (Å²) in [6.07, 6.45) is -5.69. The second-order valence-corrected chi connectivity index (χ2v) is 6.89. The summed E-state index contributed by atoms with van der Waals surface area (Å²) in [5.41, 5.74) is 3.10. The van der Waals surface area contributed by atoms with Crippen molar-refractivity contribution in [3.8, 4) is 6.07 Å². The van der Waals surface area contributed by atoms with Gasteiger partial charge in [-0.05, 0) is 24.6 Å². The van der Waals surface area contributed by atoms with Gasteiger partial charge in [-0.2, -0.15) is 41.1 Å². The highest BCUT2D eigenvalue weighted by molar-refractivity contribution is 6.01. The van der Waals surface area contributed by atoms with Crippen LogP contribution in [0, 0.1) is 18.3 Å². The average molecular weight is 456 g/mol. The van der Waals surface area contributed by atoms with E-state index in [0.29, 0.717) is 33.1 Å². The third kappa shape index (κ3) is 4.00. The van der Waals surface area contributed by atoms with Gasteiger partial charge in [0.25, 0.3) is 0 Å². The monoisotopic (exact) mass is 456 g/mol. The highest BCUT2D eigenvalue weighted by atomic mass is 19.4. The van der Waals surface area contributed by atoms with Crippen molar-refractivity contribution in [2.45, 2.75) is 31.6 Å². The lowest BCUT2D eigenvalue weighted by atomic mass is 10.1. The van der Waals surface area contributed by atoms with Crippen LogP contribution in [-0.2, 0) is 6.54 Å². The number of hydrogen-bond donors (Lipinski definition) is 1. The summed E-state index contributed by atoms with van der Waals surface area (Å²) >= 11 is 0. The van der Waals surface area contributed by atoms with Crippen LogP contribution < -0.4 is 5.43 Å². The second kappa shape index (κ2) is 8.18. The largest absolute Gasteiger partial charge is 0.462 e. The number of hydrogen-bond acceptors (Lipinski definition) is 3. The molecule has 1 heterocycles. The van der Waals surface area contributed by atoms with Crippen molar-refractivity contribution in [2.24, 2.45) is 5.10 Å². The highest BCUT2D eigenvalue weighted by Crippen LogP contribution is 2.45. The summed E-state index contributed by atoms with van der Waals surface area (Å²) in [6.45, 7) is 1.85. The predicted octanol–water partition coefficient (Wildman–Crippen LogP) is 5.58. The fourth-order valence-electron chi connectivity index (χ4n) is 3.19. The minimum atomic E-state index is -6.46. The van der Waals surface area contributed by atoms with Gasteiger partial charge in [0.1, 0.15) is 0 Å². The highest BCUT2D eigenvalue weighted by Gasteiger charge is 2.73. The SMILES string of the molecule is Cc1c(/C=N\NC(F)(F)C(F)(F)C(F)(F)F)c2ccccc2n1Cc1ccccc1C#N. The van der Waals surface area contributed by atoms with E-state index in [1.807, 2.05) is 0 Å². The fourth-order valence-corrected chi connectivity index (χ4v) is 3.19. The first-order valence-corrected chi connectivity index (χ1v) is 9.09. The van der Waals surface area contributed by atoms with Crippen LogP contribution in [0.5, 0.6) is 0 Å². The van der Waals surface area contributed by atoms with E-state index in [4.69, 9.17) is 0 Å². The van der Waals surface area contributed by atoms with Gasteiger partial charge in [-0.15, -0.1) is 0 Å². The maximum Gasteiger partial charge on any atom is 0.462 e. The van der Waals surface area contributed by atoms with Gasteiger partial charge >= 0.3 is 18.1 Å². The van der Waals surface area contributed by atoms with Crippen LogP contribution in [-0.4, -0.2) is 28.9 Å². The van der Waals surface area contributed by atoms with Crippen molar-refractivity contribution < 1.29 is 30.7 Å². The molecule has 0 saturated carbocycles. The van der Waals surface area contributed by atoms with E-state index in [2.05, 4.69) is 11.2 Å². The molecular formula is C21H15F7N4. The van der Waals surface area contributed by atoms with Gasteiger partial charge < -0.3 is 4.57 Å². The summed E-state index contributed by atoms with van der Waals surface area (Å²) in [5.74, 6) is -6.32. The Kier molecular flexibility index (Phi) is 5.91. The molecule has 4 nitrogen and oxygen atoms in total. The minimum absolute atomic E-state index is 0.236. The van der Waals surface area contributed by atoms with E-state index in [0.717, 1.165) is 6.21 Å². The molecule has 0 aliphatic carbocycles. The molecule has 0 bridgehead atoms. The number of halogens is 7. The van der Waals surface area contributed by atoms with E-state index >= 15 is 0 Å². The van der Waals surface area contributed by atoms with E-state index in [9.17, 15) is 36.0 Å². The summed E-state index contributed by atoms with van der Waals surface area (Å²) in [4.78, 5) is 0. The molecule has 32 heavy (non-hydrogen) atoms. The maximum absolute atomic E-state index is 13.5. The number of benzene rings is 2. The van der Waals surface area contributed by atoms with Gasteiger partial charge in [-0.3, -0.25) is 0 Å². The number of para-hydroxylation sites is 1. The Morgan fingerprint density at radius 3 is 2.28 bits per heavy atom. The number of rotatable bonds is 6. The molecular weight excluding hydrogens is 441 g/mol. The lowest BCUT2D eigenvalue weighted by Crippen LogP contribution is -2.58.